The minimum absolute atomic E-state index is 0.0162. The fourth-order valence-corrected chi connectivity index (χ4v) is 3.89. The molecule has 30 heavy (non-hydrogen) atoms. The lowest BCUT2D eigenvalue weighted by Gasteiger charge is -2.34. The molecule has 2 amide bonds. The van der Waals surface area contributed by atoms with E-state index in [0.717, 1.165) is 12.0 Å². The van der Waals surface area contributed by atoms with Gasteiger partial charge in [-0.1, -0.05) is 31.0 Å². The summed E-state index contributed by atoms with van der Waals surface area (Å²) in [7, 11) is 1.34. The number of nitrogens with one attached hydrogen (secondary N) is 1. The fraction of sp³-hybridized carbons (Fsp3) is 0.435. The normalized spacial score (nSPS) is 14.0. The molecular weight excluding hydrogens is 382 g/mol. The molecule has 7 heteroatoms. The van der Waals surface area contributed by atoms with Crippen molar-refractivity contribution >= 4 is 17.8 Å². The van der Waals surface area contributed by atoms with Crippen LogP contribution in [0.4, 0.5) is 0 Å². The van der Waals surface area contributed by atoms with Gasteiger partial charge >= 0.3 is 5.97 Å². The van der Waals surface area contributed by atoms with Crippen LogP contribution in [-0.4, -0.2) is 65.9 Å². The number of carbonyl (C=O) groups is 3. The van der Waals surface area contributed by atoms with Crippen LogP contribution in [-0.2, 0) is 11.2 Å². The standard InChI is InChI=1S/C23H29N3O4/c1-5-6-18-19(23(29)30-4)16(3)24-20(18)22(28)26-13-11-25(12-14-26)21(27)17-9-7-15(2)8-10-17/h7-10,24H,5-6,11-14H2,1-4H3. The zero-order chi connectivity index (χ0) is 21.8. The second-order valence-electron chi connectivity index (χ2n) is 7.67. The lowest BCUT2D eigenvalue weighted by molar-refractivity contribution is 0.0531. The lowest BCUT2D eigenvalue weighted by Crippen LogP contribution is -2.50. The summed E-state index contributed by atoms with van der Waals surface area (Å²) in [5.41, 5.74) is 4.03. The second kappa shape index (κ2) is 9.15. The molecule has 0 aliphatic carbocycles. The summed E-state index contributed by atoms with van der Waals surface area (Å²) < 4.78 is 4.90. The molecule has 2 heterocycles. The molecule has 1 aliphatic rings. The Hall–Kier alpha value is -3.09. The van der Waals surface area contributed by atoms with Crippen molar-refractivity contribution in [2.45, 2.75) is 33.6 Å². The average molecular weight is 412 g/mol. The van der Waals surface area contributed by atoms with E-state index < -0.39 is 5.97 Å². The number of esters is 1. The number of piperazine rings is 1. The number of nitrogens with zero attached hydrogens (tertiary/aromatic N) is 2. The third-order valence-corrected chi connectivity index (χ3v) is 5.55. The van der Waals surface area contributed by atoms with Crippen molar-refractivity contribution in [2.75, 3.05) is 33.3 Å². The number of aromatic amines is 1. The number of hydrogen-bond acceptors (Lipinski definition) is 4. The topological polar surface area (TPSA) is 82.7 Å². The summed E-state index contributed by atoms with van der Waals surface area (Å²) in [6.45, 7) is 7.63. The fourth-order valence-electron chi connectivity index (χ4n) is 3.89. The van der Waals surface area contributed by atoms with Crippen LogP contribution in [0.5, 0.6) is 0 Å². The highest BCUT2D eigenvalue weighted by atomic mass is 16.5. The van der Waals surface area contributed by atoms with Crippen LogP contribution in [0, 0.1) is 13.8 Å². The Bertz CT molecular complexity index is 938. The monoisotopic (exact) mass is 411 g/mol. The van der Waals surface area contributed by atoms with E-state index >= 15 is 0 Å². The molecule has 0 atom stereocenters. The number of rotatable bonds is 5. The number of benzene rings is 1. The molecule has 7 nitrogen and oxygen atoms in total. The van der Waals surface area contributed by atoms with Gasteiger partial charge in [0.15, 0.2) is 0 Å². The Morgan fingerprint density at radius 2 is 1.53 bits per heavy atom. The van der Waals surface area contributed by atoms with Crippen LogP contribution < -0.4 is 0 Å². The molecule has 0 spiro atoms. The van der Waals surface area contributed by atoms with Crippen molar-refractivity contribution in [3.8, 4) is 0 Å². The summed E-state index contributed by atoms with van der Waals surface area (Å²) in [5, 5.41) is 0. The van der Waals surface area contributed by atoms with Gasteiger partial charge in [0.05, 0.1) is 12.7 Å². The van der Waals surface area contributed by atoms with Crippen molar-refractivity contribution in [3.63, 3.8) is 0 Å². The first-order valence-corrected chi connectivity index (χ1v) is 10.3. The first-order chi connectivity index (χ1) is 14.4. The van der Waals surface area contributed by atoms with Crippen LogP contribution in [0.25, 0.3) is 0 Å². The van der Waals surface area contributed by atoms with Crippen molar-refractivity contribution in [1.82, 2.24) is 14.8 Å². The van der Waals surface area contributed by atoms with Gasteiger partial charge in [0, 0.05) is 37.4 Å². The molecule has 1 N–H and O–H groups in total. The number of amides is 2. The molecule has 1 aliphatic heterocycles. The van der Waals surface area contributed by atoms with Gasteiger partial charge < -0.3 is 19.5 Å². The molecule has 160 valence electrons. The minimum Gasteiger partial charge on any atom is -0.465 e. The molecule has 1 aromatic heterocycles. The van der Waals surface area contributed by atoms with E-state index in [1.54, 1.807) is 16.7 Å². The summed E-state index contributed by atoms with van der Waals surface area (Å²) in [6, 6.07) is 7.52. The van der Waals surface area contributed by atoms with E-state index in [9.17, 15) is 14.4 Å². The molecule has 2 aromatic rings. The average Bonchev–Trinajstić information content (AvgIpc) is 3.09. The molecule has 1 fully saturated rings. The number of carbonyl (C=O) groups excluding carboxylic acids is 3. The van der Waals surface area contributed by atoms with Gasteiger partial charge in [0.25, 0.3) is 11.8 Å². The maximum absolute atomic E-state index is 13.2. The first kappa shape index (κ1) is 21.6. The van der Waals surface area contributed by atoms with Crippen LogP contribution in [0.2, 0.25) is 0 Å². The van der Waals surface area contributed by atoms with E-state index in [1.165, 1.54) is 7.11 Å². The van der Waals surface area contributed by atoms with Crippen LogP contribution in [0.3, 0.4) is 0 Å². The molecule has 0 radical (unpaired) electrons. The highest BCUT2D eigenvalue weighted by Gasteiger charge is 2.30. The Kier molecular flexibility index (Phi) is 6.59. The predicted octanol–water partition coefficient (Wildman–Crippen LogP) is 2.97. The molecule has 0 unspecified atom stereocenters. The van der Waals surface area contributed by atoms with Gasteiger partial charge in [-0.15, -0.1) is 0 Å². The molecule has 1 saturated heterocycles. The Morgan fingerprint density at radius 3 is 2.07 bits per heavy atom. The van der Waals surface area contributed by atoms with E-state index in [1.807, 2.05) is 38.1 Å². The van der Waals surface area contributed by atoms with Gasteiger partial charge in [-0.3, -0.25) is 9.59 Å². The third kappa shape index (κ3) is 4.25. The highest BCUT2D eigenvalue weighted by Crippen LogP contribution is 2.23. The molecule has 0 bridgehead atoms. The molecule has 1 aromatic carbocycles. The number of methoxy groups -OCH3 is 1. The molecule has 3 rings (SSSR count). The van der Waals surface area contributed by atoms with Crippen molar-refractivity contribution < 1.29 is 19.1 Å². The summed E-state index contributed by atoms with van der Waals surface area (Å²) in [4.78, 5) is 44.7. The van der Waals surface area contributed by atoms with Crippen LogP contribution in [0.15, 0.2) is 24.3 Å². The lowest BCUT2D eigenvalue weighted by atomic mass is 10.0. The molecular formula is C23H29N3O4. The highest BCUT2D eigenvalue weighted by molar-refractivity contribution is 6.01. The maximum Gasteiger partial charge on any atom is 0.339 e. The van der Waals surface area contributed by atoms with Gasteiger partial charge in [-0.2, -0.15) is 0 Å². The zero-order valence-corrected chi connectivity index (χ0v) is 18.1. The van der Waals surface area contributed by atoms with Crippen molar-refractivity contribution in [1.29, 1.82) is 0 Å². The summed E-state index contributed by atoms with van der Waals surface area (Å²) >= 11 is 0. The van der Waals surface area contributed by atoms with Crippen molar-refractivity contribution in [2.24, 2.45) is 0 Å². The third-order valence-electron chi connectivity index (χ3n) is 5.55. The van der Waals surface area contributed by atoms with E-state index in [0.29, 0.717) is 60.7 Å². The number of H-pyrrole nitrogens is 1. The summed E-state index contributed by atoms with van der Waals surface area (Å²) in [5.74, 6) is -0.587. The maximum atomic E-state index is 13.2. The van der Waals surface area contributed by atoms with E-state index in [-0.39, 0.29) is 11.8 Å². The SMILES string of the molecule is CCCc1c(C(=O)N2CCN(C(=O)c3ccc(C)cc3)CC2)[nH]c(C)c1C(=O)OC. The smallest absolute Gasteiger partial charge is 0.339 e. The number of aromatic nitrogens is 1. The Morgan fingerprint density at radius 1 is 0.967 bits per heavy atom. The van der Waals surface area contributed by atoms with Gasteiger partial charge in [-0.25, -0.2) is 4.79 Å². The van der Waals surface area contributed by atoms with Gasteiger partial charge in [-0.05, 0) is 38.0 Å². The first-order valence-electron chi connectivity index (χ1n) is 10.3. The quantitative estimate of drug-likeness (QED) is 0.767. The van der Waals surface area contributed by atoms with Crippen molar-refractivity contribution in [3.05, 3.63) is 57.9 Å². The predicted molar refractivity (Wildman–Crippen MR) is 114 cm³/mol. The zero-order valence-electron chi connectivity index (χ0n) is 18.1. The Labute approximate surface area is 177 Å². The second-order valence-corrected chi connectivity index (χ2v) is 7.67. The molecule has 0 saturated carbocycles. The van der Waals surface area contributed by atoms with Gasteiger partial charge in [0.2, 0.25) is 0 Å². The Balaban J connectivity index is 1.73. The number of ether oxygens (including phenoxy) is 1. The largest absolute Gasteiger partial charge is 0.465 e. The number of aryl methyl sites for hydroxylation is 2. The van der Waals surface area contributed by atoms with Gasteiger partial charge in [0.1, 0.15) is 5.69 Å². The summed E-state index contributed by atoms with van der Waals surface area (Å²) in [6.07, 6.45) is 1.42. The van der Waals surface area contributed by atoms with Crippen LogP contribution >= 0.6 is 0 Å². The van der Waals surface area contributed by atoms with E-state index in [4.69, 9.17) is 4.74 Å². The van der Waals surface area contributed by atoms with E-state index in [2.05, 4.69) is 4.98 Å². The minimum atomic E-state index is -0.431. The van der Waals surface area contributed by atoms with Crippen LogP contribution in [0.1, 0.15) is 61.4 Å². The number of hydrogen-bond donors (Lipinski definition) is 1.